The molecule has 0 radical (unpaired) electrons. The van der Waals surface area contributed by atoms with Crippen molar-refractivity contribution >= 4 is 0 Å². The van der Waals surface area contributed by atoms with Gasteiger partial charge in [0.15, 0.2) is 0 Å². The molecule has 0 saturated carbocycles. The second kappa shape index (κ2) is 5.02. The molecular formula is C10H19N3. The molecule has 3 nitrogen and oxygen atoms in total. The number of hydrogen-bond donors (Lipinski definition) is 1. The molecule has 1 aromatic heterocycles. The minimum absolute atomic E-state index is 0.545. The molecule has 1 heterocycles. The lowest BCUT2D eigenvalue weighted by Gasteiger charge is -2.16. The Morgan fingerprint density at radius 3 is 2.77 bits per heavy atom. The maximum atomic E-state index is 4.26. The third-order valence-corrected chi connectivity index (χ3v) is 2.31. The molecule has 0 fully saturated rings. The number of rotatable bonds is 5. The van der Waals surface area contributed by atoms with Gasteiger partial charge in [0.05, 0.1) is 6.54 Å². The summed E-state index contributed by atoms with van der Waals surface area (Å²) in [5, 5.41) is 7.70. The highest BCUT2D eigenvalue weighted by molar-refractivity contribution is 4.96. The van der Waals surface area contributed by atoms with Crippen LogP contribution in [0, 0.1) is 6.92 Å². The first-order valence-corrected chi connectivity index (χ1v) is 4.99. The highest BCUT2D eigenvalue weighted by Crippen LogP contribution is 2.00. The van der Waals surface area contributed by atoms with E-state index in [1.165, 1.54) is 5.69 Å². The van der Waals surface area contributed by atoms with Gasteiger partial charge in [0.1, 0.15) is 0 Å². The smallest absolute Gasteiger partial charge is 0.0565 e. The average molecular weight is 181 g/mol. The van der Waals surface area contributed by atoms with Crippen LogP contribution in [0.4, 0.5) is 0 Å². The predicted molar refractivity (Wildman–Crippen MR) is 54.7 cm³/mol. The van der Waals surface area contributed by atoms with Crippen molar-refractivity contribution in [3.05, 3.63) is 18.0 Å². The number of nitrogens with zero attached hydrogens (tertiary/aromatic N) is 2. The Kier molecular flexibility index (Phi) is 3.96. The second-order valence-corrected chi connectivity index (χ2v) is 3.32. The Morgan fingerprint density at radius 2 is 2.31 bits per heavy atom. The summed E-state index contributed by atoms with van der Waals surface area (Å²) < 4.78 is 2.05. The fraction of sp³-hybridized carbons (Fsp3) is 0.700. The van der Waals surface area contributed by atoms with Gasteiger partial charge in [0.2, 0.25) is 0 Å². The zero-order valence-corrected chi connectivity index (χ0v) is 8.75. The van der Waals surface area contributed by atoms with Gasteiger partial charge in [-0.15, -0.1) is 0 Å². The number of likely N-dealkylation sites (N-methyl/N-ethyl adjacent to an activating group) is 1. The summed E-state index contributed by atoms with van der Waals surface area (Å²) in [6.07, 6.45) is 3.00. The van der Waals surface area contributed by atoms with Crippen molar-refractivity contribution in [2.24, 2.45) is 0 Å². The average Bonchev–Trinajstić information content (AvgIpc) is 2.51. The van der Waals surface area contributed by atoms with E-state index in [1.807, 2.05) is 12.3 Å². The third-order valence-electron chi connectivity index (χ3n) is 2.31. The Balaban J connectivity index is 2.51. The van der Waals surface area contributed by atoms with Gasteiger partial charge in [-0.2, -0.15) is 5.10 Å². The van der Waals surface area contributed by atoms with Crippen LogP contribution < -0.4 is 5.32 Å². The zero-order valence-electron chi connectivity index (χ0n) is 8.75. The summed E-state index contributed by atoms with van der Waals surface area (Å²) in [5.74, 6) is 0. The van der Waals surface area contributed by atoms with Crippen molar-refractivity contribution in [2.75, 3.05) is 6.54 Å². The van der Waals surface area contributed by atoms with Crippen LogP contribution in [0.15, 0.2) is 12.3 Å². The predicted octanol–water partition coefficient (Wildman–Crippen LogP) is 1.58. The molecule has 13 heavy (non-hydrogen) atoms. The van der Waals surface area contributed by atoms with Crippen LogP contribution in [-0.2, 0) is 6.54 Å². The molecule has 1 rings (SSSR count). The zero-order chi connectivity index (χ0) is 9.68. The van der Waals surface area contributed by atoms with Crippen LogP contribution in [0.2, 0.25) is 0 Å². The van der Waals surface area contributed by atoms with E-state index in [1.54, 1.807) is 0 Å². The van der Waals surface area contributed by atoms with Crippen molar-refractivity contribution in [3.8, 4) is 0 Å². The molecule has 1 aromatic rings. The molecule has 3 heteroatoms. The Hall–Kier alpha value is -0.830. The SMILES string of the molecule is CCNC(CC)Cn1nccc1C. The standard InChI is InChI=1S/C10H19N3/c1-4-10(11-5-2)8-13-9(3)6-7-12-13/h6-7,10-11H,4-5,8H2,1-3H3. The molecule has 0 saturated heterocycles. The molecule has 0 aliphatic rings. The minimum Gasteiger partial charge on any atom is -0.312 e. The molecule has 0 aliphatic carbocycles. The topological polar surface area (TPSA) is 29.9 Å². The van der Waals surface area contributed by atoms with Gasteiger partial charge in [-0.05, 0) is 26.0 Å². The van der Waals surface area contributed by atoms with E-state index in [0.717, 1.165) is 19.5 Å². The van der Waals surface area contributed by atoms with Crippen molar-refractivity contribution in [1.29, 1.82) is 0 Å². The van der Waals surface area contributed by atoms with Crippen LogP contribution in [0.5, 0.6) is 0 Å². The molecule has 0 aliphatic heterocycles. The fourth-order valence-corrected chi connectivity index (χ4v) is 1.43. The largest absolute Gasteiger partial charge is 0.312 e. The number of nitrogens with one attached hydrogen (secondary N) is 1. The van der Waals surface area contributed by atoms with Crippen LogP contribution in [-0.4, -0.2) is 22.4 Å². The molecule has 1 atom stereocenters. The van der Waals surface area contributed by atoms with E-state index in [0.29, 0.717) is 6.04 Å². The number of hydrogen-bond acceptors (Lipinski definition) is 2. The van der Waals surface area contributed by atoms with Gasteiger partial charge in [-0.25, -0.2) is 0 Å². The summed E-state index contributed by atoms with van der Waals surface area (Å²) in [6, 6.07) is 2.59. The lowest BCUT2D eigenvalue weighted by molar-refractivity contribution is 0.419. The second-order valence-electron chi connectivity index (χ2n) is 3.32. The van der Waals surface area contributed by atoms with Gasteiger partial charge in [0, 0.05) is 17.9 Å². The molecule has 74 valence electrons. The Labute approximate surface area is 80.1 Å². The van der Waals surface area contributed by atoms with Crippen LogP contribution >= 0.6 is 0 Å². The molecule has 0 spiro atoms. The monoisotopic (exact) mass is 181 g/mol. The lowest BCUT2D eigenvalue weighted by atomic mass is 10.2. The van der Waals surface area contributed by atoms with E-state index < -0.39 is 0 Å². The maximum absolute atomic E-state index is 4.26. The van der Waals surface area contributed by atoms with Crippen molar-refractivity contribution in [1.82, 2.24) is 15.1 Å². The lowest BCUT2D eigenvalue weighted by Crippen LogP contribution is -2.33. The summed E-state index contributed by atoms with van der Waals surface area (Å²) in [5.41, 5.74) is 1.23. The van der Waals surface area contributed by atoms with Crippen molar-refractivity contribution < 1.29 is 0 Å². The maximum Gasteiger partial charge on any atom is 0.0565 e. The Morgan fingerprint density at radius 1 is 1.54 bits per heavy atom. The summed E-state index contributed by atoms with van der Waals surface area (Å²) in [6.45, 7) is 8.43. The molecule has 1 unspecified atom stereocenters. The van der Waals surface area contributed by atoms with Gasteiger partial charge in [-0.1, -0.05) is 13.8 Å². The van der Waals surface area contributed by atoms with E-state index in [4.69, 9.17) is 0 Å². The first kappa shape index (κ1) is 10.3. The van der Waals surface area contributed by atoms with Crippen molar-refractivity contribution in [2.45, 2.75) is 39.8 Å². The van der Waals surface area contributed by atoms with E-state index in [9.17, 15) is 0 Å². The van der Waals surface area contributed by atoms with E-state index in [2.05, 4.69) is 35.9 Å². The molecule has 0 amide bonds. The normalized spacial score (nSPS) is 13.2. The molecule has 0 aromatic carbocycles. The van der Waals surface area contributed by atoms with Crippen LogP contribution in [0.1, 0.15) is 26.0 Å². The Bertz CT molecular complexity index is 242. The van der Waals surface area contributed by atoms with Gasteiger partial charge < -0.3 is 5.32 Å². The van der Waals surface area contributed by atoms with Gasteiger partial charge in [0.25, 0.3) is 0 Å². The number of aryl methyl sites for hydroxylation is 1. The van der Waals surface area contributed by atoms with Crippen LogP contribution in [0.3, 0.4) is 0 Å². The summed E-state index contributed by atoms with van der Waals surface area (Å²) in [7, 11) is 0. The number of aromatic nitrogens is 2. The highest BCUT2D eigenvalue weighted by atomic mass is 15.3. The first-order valence-electron chi connectivity index (χ1n) is 4.99. The summed E-state index contributed by atoms with van der Waals surface area (Å²) >= 11 is 0. The van der Waals surface area contributed by atoms with E-state index >= 15 is 0 Å². The van der Waals surface area contributed by atoms with Crippen LogP contribution in [0.25, 0.3) is 0 Å². The fourth-order valence-electron chi connectivity index (χ4n) is 1.43. The third kappa shape index (κ3) is 2.84. The van der Waals surface area contributed by atoms with Gasteiger partial charge in [-0.3, -0.25) is 4.68 Å². The van der Waals surface area contributed by atoms with Crippen molar-refractivity contribution in [3.63, 3.8) is 0 Å². The van der Waals surface area contributed by atoms with Gasteiger partial charge >= 0.3 is 0 Å². The molecule has 1 N–H and O–H groups in total. The summed E-state index contributed by atoms with van der Waals surface area (Å²) in [4.78, 5) is 0. The minimum atomic E-state index is 0.545. The molecular weight excluding hydrogens is 162 g/mol. The molecule has 0 bridgehead atoms. The quantitative estimate of drug-likeness (QED) is 0.747. The van der Waals surface area contributed by atoms with E-state index in [-0.39, 0.29) is 0 Å². The highest BCUT2D eigenvalue weighted by Gasteiger charge is 2.06. The first-order chi connectivity index (χ1) is 6.27.